The molecule has 1 N–H and O–H groups in total. The van der Waals surface area contributed by atoms with Crippen LogP contribution >= 0.6 is 0 Å². The van der Waals surface area contributed by atoms with Crippen molar-refractivity contribution in [3.05, 3.63) is 39.9 Å². The van der Waals surface area contributed by atoms with Crippen LogP contribution in [0.5, 0.6) is 0 Å². The second-order valence-electron chi connectivity index (χ2n) is 6.89. The Bertz CT molecular complexity index is 965. The van der Waals surface area contributed by atoms with Crippen LogP contribution in [0.15, 0.2) is 23.3 Å². The van der Waals surface area contributed by atoms with E-state index < -0.39 is 10.0 Å². The molecule has 0 aliphatic heterocycles. The number of aryl methyl sites for hydroxylation is 2. The maximum absolute atomic E-state index is 12.4. The van der Waals surface area contributed by atoms with Gasteiger partial charge in [-0.15, -0.1) is 0 Å². The molecule has 8 heteroatoms. The van der Waals surface area contributed by atoms with Gasteiger partial charge in [-0.25, -0.2) is 18.4 Å². The van der Waals surface area contributed by atoms with Crippen molar-refractivity contribution in [3.63, 3.8) is 0 Å². The Morgan fingerprint density at radius 1 is 1.26 bits per heavy atom. The average molecular weight is 393 g/mol. The smallest absolute Gasteiger partial charge is 0.253 e. The van der Waals surface area contributed by atoms with Crippen molar-refractivity contribution in [2.24, 2.45) is 0 Å². The number of sulfonamides is 1. The van der Waals surface area contributed by atoms with Gasteiger partial charge in [0, 0.05) is 29.6 Å². The van der Waals surface area contributed by atoms with Crippen molar-refractivity contribution in [1.29, 1.82) is 0 Å². The lowest BCUT2D eigenvalue weighted by atomic mass is 10.0. The molecule has 0 amide bonds. The number of rotatable bonds is 8. The quantitative estimate of drug-likeness (QED) is 0.744. The lowest BCUT2D eigenvalue weighted by Gasteiger charge is -2.16. The zero-order chi connectivity index (χ0) is 20.2. The normalized spacial score (nSPS) is 11.8. The van der Waals surface area contributed by atoms with Gasteiger partial charge in [-0.1, -0.05) is 13.3 Å². The minimum absolute atomic E-state index is 0.00939. The molecule has 0 saturated heterocycles. The van der Waals surface area contributed by atoms with Crippen LogP contribution in [0, 0.1) is 6.92 Å². The molecular weight excluding hydrogens is 364 g/mol. The number of nitrogens with zero attached hydrogens (tertiary/aromatic N) is 3. The maximum Gasteiger partial charge on any atom is 0.253 e. The van der Waals surface area contributed by atoms with E-state index in [1.165, 1.54) is 0 Å². The number of nitrogens with one attached hydrogen (secondary N) is 1. The Kier molecular flexibility index (Phi) is 6.75. The molecule has 0 fully saturated rings. The number of aromatic nitrogens is 3. The predicted octanol–water partition coefficient (Wildman–Crippen LogP) is 3.30. The van der Waals surface area contributed by atoms with Gasteiger partial charge in [0.15, 0.2) is 0 Å². The molecule has 0 aliphatic rings. The Morgan fingerprint density at radius 2 is 1.96 bits per heavy atom. The molecule has 0 spiro atoms. The van der Waals surface area contributed by atoms with E-state index >= 15 is 0 Å². The molecule has 2 heterocycles. The Hall–Kier alpha value is -2.22. The minimum Gasteiger partial charge on any atom is -0.312 e. The highest BCUT2D eigenvalue weighted by molar-refractivity contribution is 7.92. The lowest BCUT2D eigenvalue weighted by molar-refractivity contribution is 0.576. The van der Waals surface area contributed by atoms with Crippen molar-refractivity contribution in [2.75, 3.05) is 10.5 Å². The summed E-state index contributed by atoms with van der Waals surface area (Å²) in [7, 11) is -3.47. The average Bonchev–Trinajstić information content (AvgIpc) is 2.62. The molecule has 0 saturated carbocycles. The summed E-state index contributed by atoms with van der Waals surface area (Å²) in [6.07, 6.45) is 6.24. The summed E-state index contributed by atoms with van der Waals surface area (Å²) in [6.45, 7) is 9.33. The summed E-state index contributed by atoms with van der Waals surface area (Å²) >= 11 is 0. The fourth-order valence-electron chi connectivity index (χ4n) is 2.72. The van der Waals surface area contributed by atoms with Crippen LogP contribution in [0.25, 0.3) is 11.3 Å². The molecule has 2 rings (SSSR count). The highest BCUT2D eigenvalue weighted by atomic mass is 32.2. The molecule has 7 nitrogen and oxygen atoms in total. The first kappa shape index (κ1) is 21.1. The first-order valence-corrected chi connectivity index (χ1v) is 10.9. The number of hydrogen-bond acceptors (Lipinski definition) is 5. The van der Waals surface area contributed by atoms with Gasteiger partial charge >= 0.3 is 0 Å². The van der Waals surface area contributed by atoms with Crippen molar-refractivity contribution in [3.8, 4) is 11.3 Å². The number of anilines is 1. The second kappa shape index (κ2) is 8.65. The molecule has 0 radical (unpaired) electrons. The lowest BCUT2D eigenvalue weighted by Crippen LogP contribution is -2.23. The number of unbranched alkanes of at least 4 members (excludes halogenated alkanes) is 1. The van der Waals surface area contributed by atoms with Crippen LogP contribution < -0.4 is 10.3 Å². The van der Waals surface area contributed by atoms with Gasteiger partial charge < -0.3 is 4.57 Å². The fourth-order valence-corrected chi connectivity index (χ4v) is 3.25. The van der Waals surface area contributed by atoms with Gasteiger partial charge in [0.2, 0.25) is 16.0 Å². The Morgan fingerprint density at radius 3 is 2.56 bits per heavy atom. The van der Waals surface area contributed by atoms with Gasteiger partial charge in [0.05, 0.1) is 11.4 Å². The topological polar surface area (TPSA) is 94.0 Å². The summed E-state index contributed by atoms with van der Waals surface area (Å²) in [4.78, 5) is 21.0. The highest BCUT2D eigenvalue weighted by Gasteiger charge is 2.16. The third-order valence-electron chi connectivity index (χ3n) is 4.34. The van der Waals surface area contributed by atoms with E-state index in [4.69, 9.17) is 0 Å². The first-order valence-electron chi connectivity index (χ1n) is 9.28. The summed E-state index contributed by atoms with van der Waals surface area (Å²) in [5.41, 5.74) is 2.96. The van der Waals surface area contributed by atoms with Gasteiger partial charge in [0.25, 0.3) is 5.56 Å². The predicted molar refractivity (Wildman–Crippen MR) is 109 cm³/mol. The van der Waals surface area contributed by atoms with E-state index in [-0.39, 0.29) is 23.3 Å². The first-order chi connectivity index (χ1) is 12.7. The van der Waals surface area contributed by atoms with Crippen molar-refractivity contribution in [1.82, 2.24) is 14.5 Å². The number of pyridine rings is 1. The van der Waals surface area contributed by atoms with E-state index in [0.717, 1.165) is 30.4 Å². The molecule has 0 aromatic carbocycles. The van der Waals surface area contributed by atoms with Crippen LogP contribution in [-0.2, 0) is 16.4 Å². The van der Waals surface area contributed by atoms with Gasteiger partial charge in [-0.2, -0.15) is 0 Å². The summed E-state index contributed by atoms with van der Waals surface area (Å²) in [6, 6.07) is 1.81. The maximum atomic E-state index is 12.4. The van der Waals surface area contributed by atoms with Crippen molar-refractivity contribution < 1.29 is 8.42 Å². The molecule has 27 heavy (non-hydrogen) atoms. The fraction of sp³-hybridized carbons (Fsp3) is 0.526. The molecule has 148 valence electrons. The van der Waals surface area contributed by atoms with Crippen LogP contribution in [0.3, 0.4) is 0 Å². The van der Waals surface area contributed by atoms with E-state index in [0.29, 0.717) is 11.3 Å². The SMILES string of the molecule is CCCCc1cnc(NS(=O)(=O)CC)nc1-c1cc(C)c(=O)n(C(C)C)c1. The third kappa shape index (κ3) is 5.15. The Labute approximate surface area is 160 Å². The van der Waals surface area contributed by atoms with Gasteiger partial charge in [-0.3, -0.25) is 9.52 Å². The zero-order valence-corrected chi connectivity index (χ0v) is 17.4. The van der Waals surface area contributed by atoms with Gasteiger partial charge in [-0.05, 0) is 52.2 Å². The van der Waals surface area contributed by atoms with Gasteiger partial charge in [0.1, 0.15) is 0 Å². The van der Waals surface area contributed by atoms with Crippen molar-refractivity contribution in [2.45, 2.75) is 59.9 Å². The molecule has 2 aromatic rings. The third-order valence-corrected chi connectivity index (χ3v) is 5.60. The second-order valence-corrected chi connectivity index (χ2v) is 8.91. The molecule has 0 aliphatic carbocycles. The van der Waals surface area contributed by atoms with Crippen LogP contribution in [0.1, 0.15) is 57.7 Å². The van der Waals surface area contributed by atoms with Crippen LogP contribution in [-0.4, -0.2) is 28.7 Å². The standard InChI is InChI=1S/C19H28N4O3S/c1-6-8-9-15-11-20-19(22-27(25,26)7-2)21-17(15)16-10-14(5)18(24)23(12-16)13(3)4/h10-13H,6-9H2,1-5H3,(H,20,21,22). The zero-order valence-electron chi connectivity index (χ0n) is 16.6. The van der Waals surface area contributed by atoms with E-state index in [2.05, 4.69) is 21.6 Å². The molecule has 0 atom stereocenters. The monoisotopic (exact) mass is 392 g/mol. The highest BCUT2D eigenvalue weighted by Crippen LogP contribution is 2.25. The van der Waals surface area contributed by atoms with E-state index in [9.17, 15) is 13.2 Å². The minimum atomic E-state index is -3.47. The molecular formula is C19H28N4O3S. The molecule has 0 bridgehead atoms. The summed E-state index contributed by atoms with van der Waals surface area (Å²) in [5.74, 6) is -0.00675. The van der Waals surface area contributed by atoms with Crippen molar-refractivity contribution >= 4 is 16.0 Å². The van der Waals surface area contributed by atoms with Crippen LogP contribution in [0.2, 0.25) is 0 Å². The summed E-state index contributed by atoms with van der Waals surface area (Å²) in [5, 5.41) is 0. The number of hydrogen-bond donors (Lipinski definition) is 1. The Balaban J connectivity index is 2.63. The summed E-state index contributed by atoms with van der Waals surface area (Å²) < 4.78 is 27.8. The largest absolute Gasteiger partial charge is 0.312 e. The molecule has 0 unspecified atom stereocenters. The van der Waals surface area contributed by atoms with Crippen LogP contribution in [0.4, 0.5) is 5.95 Å². The molecule has 2 aromatic heterocycles. The van der Waals surface area contributed by atoms with E-state index in [1.54, 1.807) is 36.9 Å². The van der Waals surface area contributed by atoms with E-state index in [1.807, 2.05) is 13.8 Å².